The van der Waals surface area contributed by atoms with Gasteiger partial charge < -0.3 is 9.84 Å². The van der Waals surface area contributed by atoms with Crippen LogP contribution in [0.5, 0.6) is 5.75 Å². The maximum Gasteiger partial charge on any atom is 0.335 e. The minimum absolute atomic E-state index is 0.307. The zero-order valence-electron chi connectivity index (χ0n) is 7.48. The maximum absolute atomic E-state index is 10.7. The third-order valence-corrected chi connectivity index (χ3v) is 2.93. The van der Waals surface area contributed by atoms with E-state index < -0.39 is 5.97 Å². The summed E-state index contributed by atoms with van der Waals surface area (Å²) in [6.45, 7) is 0. The van der Waals surface area contributed by atoms with Crippen LogP contribution in [0.15, 0.2) is 23.6 Å². The van der Waals surface area contributed by atoms with E-state index in [9.17, 15) is 4.79 Å². The fourth-order valence-corrected chi connectivity index (χ4v) is 2.24. The van der Waals surface area contributed by atoms with Crippen LogP contribution in [-0.2, 0) is 0 Å². The molecular formula is C10H8O3S. The van der Waals surface area contributed by atoms with Crippen molar-refractivity contribution in [1.82, 2.24) is 0 Å². The highest BCUT2D eigenvalue weighted by atomic mass is 32.1. The molecule has 0 unspecified atom stereocenters. The molecular weight excluding hydrogens is 200 g/mol. The average molecular weight is 208 g/mol. The van der Waals surface area contributed by atoms with Gasteiger partial charge in [-0.25, -0.2) is 4.79 Å². The number of aromatic carboxylic acids is 1. The van der Waals surface area contributed by atoms with Gasteiger partial charge in [-0.1, -0.05) is 0 Å². The first-order chi connectivity index (χ1) is 6.72. The molecule has 2 aromatic rings. The Morgan fingerprint density at radius 3 is 2.93 bits per heavy atom. The number of thiophene rings is 1. The molecule has 14 heavy (non-hydrogen) atoms. The predicted molar refractivity (Wildman–Crippen MR) is 55.3 cm³/mol. The van der Waals surface area contributed by atoms with Crippen molar-refractivity contribution in [1.29, 1.82) is 0 Å². The molecule has 0 saturated heterocycles. The Morgan fingerprint density at radius 2 is 2.29 bits per heavy atom. The molecule has 0 saturated carbocycles. The van der Waals surface area contributed by atoms with E-state index in [4.69, 9.17) is 9.84 Å². The summed E-state index contributed by atoms with van der Waals surface area (Å²) in [7, 11) is 1.60. The number of fused-ring (bicyclic) bond motifs is 1. The Hall–Kier alpha value is -1.55. The number of hydrogen-bond acceptors (Lipinski definition) is 3. The highest BCUT2D eigenvalue weighted by Crippen LogP contribution is 2.32. The summed E-state index contributed by atoms with van der Waals surface area (Å²) in [5.74, 6) is -0.110. The van der Waals surface area contributed by atoms with Crippen molar-refractivity contribution < 1.29 is 14.6 Å². The van der Waals surface area contributed by atoms with Gasteiger partial charge >= 0.3 is 5.97 Å². The number of rotatable bonds is 2. The van der Waals surface area contributed by atoms with Gasteiger partial charge in [0.15, 0.2) is 0 Å². The molecule has 0 aliphatic rings. The lowest BCUT2D eigenvalue weighted by molar-refractivity contribution is 0.0697. The van der Waals surface area contributed by atoms with Gasteiger partial charge in [0, 0.05) is 15.5 Å². The molecule has 0 amide bonds. The van der Waals surface area contributed by atoms with E-state index in [-0.39, 0.29) is 0 Å². The second-order valence-corrected chi connectivity index (χ2v) is 3.73. The Bertz CT molecular complexity index is 487. The van der Waals surface area contributed by atoms with Crippen molar-refractivity contribution in [3.63, 3.8) is 0 Å². The maximum atomic E-state index is 10.7. The molecule has 0 bridgehead atoms. The third-order valence-electron chi connectivity index (χ3n) is 2.01. The van der Waals surface area contributed by atoms with Crippen LogP contribution in [0.2, 0.25) is 0 Å². The molecule has 2 rings (SSSR count). The molecule has 72 valence electrons. The van der Waals surface area contributed by atoms with E-state index in [2.05, 4.69) is 0 Å². The first-order valence-electron chi connectivity index (χ1n) is 4.01. The van der Waals surface area contributed by atoms with Crippen LogP contribution in [0.1, 0.15) is 10.4 Å². The standard InChI is InChI=1S/C10H8O3S/c1-13-8-5-14-9-4-6(10(11)12)2-3-7(8)9/h2-5H,1H3,(H,11,12). The molecule has 0 atom stereocenters. The summed E-state index contributed by atoms with van der Waals surface area (Å²) < 4.78 is 6.06. The topological polar surface area (TPSA) is 46.5 Å². The first kappa shape index (κ1) is 9.02. The lowest BCUT2D eigenvalue weighted by Gasteiger charge is -1.97. The largest absolute Gasteiger partial charge is 0.495 e. The van der Waals surface area contributed by atoms with E-state index in [0.29, 0.717) is 5.56 Å². The Morgan fingerprint density at radius 1 is 1.50 bits per heavy atom. The van der Waals surface area contributed by atoms with Crippen molar-refractivity contribution in [3.05, 3.63) is 29.1 Å². The number of hydrogen-bond donors (Lipinski definition) is 1. The highest BCUT2D eigenvalue weighted by molar-refractivity contribution is 7.17. The molecule has 1 N–H and O–H groups in total. The number of benzene rings is 1. The molecule has 3 nitrogen and oxygen atoms in total. The lowest BCUT2D eigenvalue weighted by atomic mass is 10.2. The summed E-state index contributed by atoms with van der Waals surface area (Å²) in [6, 6.07) is 5.01. The van der Waals surface area contributed by atoms with Crippen LogP contribution in [0.3, 0.4) is 0 Å². The van der Waals surface area contributed by atoms with Crippen LogP contribution in [0.25, 0.3) is 10.1 Å². The van der Waals surface area contributed by atoms with Gasteiger partial charge in [-0.15, -0.1) is 11.3 Å². The smallest absolute Gasteiger partial charge is 0.335 e. The second kappa shape index (κ2) is 3.31. The third kappa shape index (κ3) is 1.33. The molecule has 1 aromatic carbocycles. The monoisotopic (exact) mass is 208 g/mol. The minimum Gasteiger partial charge on any atom is -0.495 e. The van der Waals surface area contributed by atoms with Crippen molar-refractivity contribution >= 4 is 27.4 Å². The number of methoxy groups -OCH3 is 1. The zero-order valence-corrected chi connectivity index (χ0v) is 8.30. The van der Waals surface area contributed by atoms with E-state index in [0.717, 1.165) is 15.8 Å². The fourth-order valence-electron chi connectivity index (χ4n) is 1.29. The number of carboxylic acids is 1. The fraction of sp³-hybridized carbons (Fsp3) is 0.100. The first-order valence-corrected chi connectivity index (χ1v) is 4.89. The average Bonchev–Trinajstić information content (AvgIpc) is 2.59. The van der Waals surface area contributed by atoms with Gasteiger partial charge in [-0.05, 0) is 18.2 Å². The normalized spacial score (nSPS) is 10.4. The van der Waals surface area contributed by atoms with Gasteiger partial charge in [0.05, 0.1) is 12.7 Å². The summed E-state index contributed by atoms with van der Waals surface area (Å²) >= 11 is 1.48. The van der Waals surface area contributed by atoms with Gasteiger partial charge in [-0.3, -0.25) is 0 Å². The van der Waals surface area contributed by atoms with Crippen LogP contribution in [0, 0.1) is 0 Å². The SMILES string of the molecule is COc1csc2cc(C(=O)O)ccc12. The summed E-state index contributed by atoms with van der Waals surface area (Å²) in [6.07, 6.45) is 0. The summed E-state index contributed by atoms with van der Waals surface area (Å²) in [4.78, 5) is 10.7. The number of carboxylic acid groups (broad SMARTS) is 1. The van der Waals surface area contributed by atoms with E-state index >= 15 is 0 Å². The molecule has 4 heteroatoms. The molecule has 0 aliphatic heterocycles. The molecule has 0 spiro atoms. The van der Waals surface area contributed by atoms with Gasteiger partial charge in [0.1, 0.15) is 5.75 Å². The van der Waals surface area contributed by atoms with Crippen molar-refractivity contribution in [2.75, 3.05) is 7.11 Å². The molecule has 1 aromatic heterocycles. The predicted octanol–water partition coefficient (Wildman–Crippen LogP) is 2.61. The molecule has 0 radical (unpaired) electrons. The summed E-state index contributed by atoms with van der Waals surface area (Å²) in [5.41, 5.74) is 0.307. The van der Waals surface area contributed by atoms with Crippen molar-refractivity contribution in [2.45, 2.75) is 0 Å². The van der Waals surface area contributed by atoms with E-state index in [1.807, 2.05) is 5.38 Å². The Labute approximate surface area is 84.6 Å². The number of ether oxygens (including phenoxy) is 1. The zero-order chi connectivity index (χ0) is 10.1. The van der Waals surface area contributed by atoms with Crippen molar-refractivity contribution in [2.24, 2.45) is 0 Å². The van der Waals surface area contributed by atoms with E-state index in [1.165, 1.54) is 11.3 Å². The van der Waals surface area contributed by atoms with Crippen LogP contribution in [-0.4, -0.2) is 18.2 Å². The van der Waals surface area contributed by atoms with Gasteiger partial charge in [0.2, 0.25) is 0 Å². The van der Waals surface area contributed by atoms with Crippen LogP contribution >= 0.6 is 11.3 Å². The van der Waals surface area contributed by atoms with Gasteiger partial charge in [-0.2, -0.15) is 0 Å². The number of carbonyl (C=O) groups is 1. The quantitative estimate of drug-likeness (QED) is 0.825. The van der Waals surface area contributed by atoms with Crippen LogP contribution < -0.4 is 4.74 Å². The Balaban J connectivity index is 2.63. The molecule has 0 aliphatic carbocycles. The Kier molecular flexibility index (Phi) is 2.13. The summed E-state index contributed by atoms with van der Waals surface area (Å²) in [5, 5.41) is 11.6. The van der Waals surface area contributed by atoms with Crippen LogP contribution in [0.4, 0.5) is 0 Å². The lowest BCUT2D eigenvalue weighted by Crippen LogP contribution is -1.94. The van der Waals surface area contributed by atoms with Gasteiger partial charge in [0.25, 0.3) is 0 Å². The molecule has 0 fully saturated rings. The van der Waals surface area contributed by atoms with E-state index in [1.54, 1.807) is 25.3 Å². The van der Waals surface area contributed by atoms with Crippen molar-refractivity contribution in [3.8, 4) is 5.75 Å². The highest BCUT2D eigenvalue weighted by Gasteiger charge is 2.07. The second-order valence-electron chi connectivity index (χ2n) is 2.82. The minimum atomic E-state index is -0.903. The molecule has 1 heterocycles.